The van der Waals surface area contributed by atoms with Crippen LogP contribution < -0.4 is 5.09 Å². The van der Waals surface area contributed by atoms with Crippen LogP contribution >= 0.6 is 7.75 Å². The third-order valence-electron chi connectivity index (χ3n) is 1.01. The van der Waals surface area contributed by atoms with Crippen LogP contribution in [0, 0.1) is 0 Å². The maximum atomic E-state index is 11.6. The minimum Gasteiger partial charge on any atom is -0.300 e. The monoisotopic (exact) mass is 195 g/mol. The molecule has 0 aromatic rings. The molecule has 1 unspecified atom stereocenters. The smallest absolute Gasteiger partial charge is 0.300 e. The zero-order chi connectivity index (χ0) is 9.83. The van der Waals surface area contributed by atoms with Gasteiger partial charge in [-0.15, -0.1) is 0 Å². The van der Waals surface area contributed by atoms with Gasteiger partial charge in [0.15, 0.2) is 0 Å². The average Bonchev–Trinajstić information content (AvgIpc) is 1.84. The normalized spacial score (nSPS) is 17.4. The Morgan fingerprint density at radius 3 is 2.17 bits per heavy atom. The summed E-state index contributed by atoms with van der Waals surface area (Å²) in [5.41, 5.74) is -0.277. The molecule has 12 heavy (non-hydrogen) atoms. The fourth-order valence-electron chi connectivity index (χ4n) is 0.711. The summed E-state index contributed by atoms with van der Waals surface area (Å²) in [4.78, 5) is 0. The second-order valence-corrected chi connectivity index (χ2v) is 5.30. The first-order valence-corrected chi connectivity index (χ1v) is 5.47. The lowest BCUT2D eigenvalue weighted by Gasteiger charge is -2.25. The van der Waals surface area contributed by atoms with Gasteiger partial charge < -0.3 is 4.52 Å². The Labute approximate surface area is 74.2 Å². The number of rotatable bonds is 4. The van der Waals surface area contributed by atoms with E-state index in [1.165, 1.54) is 7.11 Å². The minimum absolute atomic E-state index is 0.277. The lowest BCUT2D eigenvalue weighted by atomic mass is 10.1. The second-order valence-electron chi connectivity index (χ2n) is 3.46. The lowest BCUT2D eigenvalue weighted by molar-refractivity contribution is 0.223. The van der Waals surface area contributed by atoms with Crippen molar-refractivity contribution in [1.82, 2.24) is 5.09 Å². The molecule has 1 atom stereocenters. The maximum Gasteiger partial charge on any atom is 0.405 e. The second kappa shape index (κ2) is 4.38. The Kier molecular flexibility index (Phi) is 4.42. The Morgan fingerprint density at radius 2 is 1.92 bits per heavy atom. The summed E-state index contributed by atoms with van der Waals surface area (Å²) in [7, 11) is -1.70. The van der Waals surface area contributed by atoms with Gasteiger partial charge in [0.2, 0.25) is 0 Å². The van der Waals surface area contributed by atoms with Gasteiger partial charge in [-0.3, -0.25) is 4.52 Å². The molecule has 0 bridgehead atoms. The topological polar surface area (TPSA) is 47.6 Å². The predicted octanol–water partition coefficient (Wildman–Crippen LogP) is 2.17. The summed E-state index contributed by atoms with van der Waals surface area (Å²) < 4.78 is 21.4. The molecule has 0 amide bonds. The molecule has 4 nitrogen and oxygen atoms in total. The molecule has 0 saturated heterocycles. The van der Waals surface area contributed by atoms with E-state index in [2.05, 4.69) is 5.09 Å². The molecule has 74 valence electrons. The Balaban J connectivity index is 4.25. The number of nitrogens with one attached hydrogen (secondary N) is 1. The molecule has 0 spiro atoms. The van der Waals surface area contributed by atoms with Crippen molar-refractivity contribution in [3.8, 4) is 0 Å². The average molecular weight is 195 g/mol. The quantitative estimate of drug-likeness (QED) is 0.698. The van der Waals surface area contributed by atoms with Gasteiger partial charge >= 0.3 is 7.75 Å². The van der Waals surface area contributed by atoms with Gasteiger partial charge in [-0.25, -0.2) is 9.65 Å². The molecule has 1 N–H and O–H groups in total. The SMILES string of the molecule is CCOP(=O)(NC(C)(C)C)OC. The predicted molar refractivity (Wildman–Crippen MR) is 49.1 cm³/mol. The van der Waals surface area contributed by atoms with Crippen LogP contribution in [0.4, 0.5) is 0 Å². The minimum atomic E-state index is -3.07. The zero-order valence-electron chi connectivity index (χ0n) is 8.38. The molecule has 0 fully saturated rings. The standard InChI is InChI=1S/C7H18NO3P/c1-6-11-12(9,10-5)8-7(2,3)4/h6H2,1-5H3,(H,8,9). The largest absolute Gasteiger partial charge is 0.405 e. The van der Waals surface area contributed by atoms with Gasteiger partial charge in [0.05, 0.1) is 6.61 Å². The van der Waals surface area contributed by atoms with E-state index in [1.807, 2.05) is 20.8 Å². The third kappa shape index (κ3) is 4.88. The first-order valence-electron chi connectivity index (χ1n) is 3.93. The number of hydrogen-bond acceptors (Lipinski definition) is 3. The molecule has 0 saturated carbocycles. The summed E-state index contributed by atoms with van der Waals surface area (Å²) in [6.45, 7) is 7.84. The van der Waals surface area contributed by atoms with Crippen LogP contribution in [-0.4, -0.2) is 19.3 Å². The van der Waals surface area contributed by atoms with Gasteiger partial charge in [-0.1, -0.05) is 0 Å². The van der Waals surface area contributed by atoms with E-state index in [0.29, 0.717) is 6.61 Å². The van der Waals surface area contributed by atoms with Crippen molar-refractivity contribution in [2.24, 2.45) is 0 Å². The van der Waals surface area contributed by atoms with E-state index in [9.17, 15) is 4.57 Å². The van der Waals surface area contributed by atoms with Crippen molar-refractivity contribution in [3.63, 3.8) is 0 Å². The molecule has 0 aliphatic carbocycles. The highest BCUT2D eigenvalue weighted by Crippen LogP contribution is 2.44. The number of hydrogen-bond donors (Lipinski definition) is 1. The van der Waals surface area contributed by atoms with E-state index in [1.54, 1.807) is 6.92 Å². The van der Waals surface area contributed by atoms with Crippen molar-refractivity contribution in [3.05, 3.63) is 0 Å². The van der Waals surface area contributed by atoms with Crippen LogP contribution in [0.2, 0.25) is 0 Å². The highest BCUT2D eigenvalue weighted by atomic mass is 31.2. The third-order valence-corrected chi connectivity index (χ3v) is 3.04. The Morgan fingerprint density at radius 1 is 1.42 bits per heavy atom. The van der Waals surface area contributed by atoms with Crippen LogP contribution in [-0.2, 0) is 13.6 Å². The molecular weight excluding hydrogens is 177 g/mol. The van der Waals surface area contributed by atoms with Crippen molar-refractivity contribution in [1.29, 1.82) is 0 Å². The van der Waals surface area contributed by atoms with Gasteiger partial charge in [0.25, 0.3) is 0 Å². The zero-order valence-corrected chi connectivity index (χ0v) is 9.27. The van der Waals surface area contributed by atoms with Crippen LogP contribution in [0.1, 0.15) is 27.7 Å². The summed E-state index contributed by atoms with van der Waals surface area (Å²) >= 11 is 0. The highest BCUT2D eigenvalue weighted by Gasteiger charge is 2.28. The van der Waals surface area contributed by atoms with Gasteiger partial charge in [0.1, 0.15) is 0 Å². The van der Waals surface area contributed by atoms with E-state index >= 15 is 0 Å². The van der Waals surface area contributed by atoms with Crippen LogP contribution in [0.3, 0.4) is 0 Å². The summed E-state index contributed by atoms with van der Waals surface area (Å²) in [5, 5.41) is 2.79. The maximum absolute atomic E-state index is 11.6. The fourth-order valence-corrected chi connectivity index (χ4v) is 2.13. The van der Waals surface area contributed by atoms with Crippen molar-refractivity contribution < 1.29 is 13.6 Å². The lowest BCUT2D eigenvalue weighted by Crippen LogP contribution is -2.34. The summed E-state index contributed by atoms with van der Waals surface area (Å²) in [6.07, 6.45) is 0. The summed E-state index contributed by atoms with van der Waals surface area (Å²) in [5.74, 6) is 0. The van der Waals surface area contributed by atoms with Gasteiger partial charge in [-0.05, 0) is 27.7 Å². The van der Waals surface area contributed by atoms with Crippen molar-refractivity contribution in [2.75, 3.05) is 13.7 Å². The fraction of sp³-hybridized carbons (Fsp3) is 1.00. The van der Waals surface area contributed by atoms with E-state index < -0.39 is 7.75 Å². The first kappa shape index (κ1) is 12.1. The van der Waals surface area contributed by atoms with Crippen molar-refractivity contribution in [2.45, 2.75) is 33.2 Å². The molecule has 0 aliphatic rings. The van der Waals surface area contributed by atoms with E-state index in [-0.39, 0.29) is 5.54 Å². The molecule has 0 heterocycles. The molecule has 0 aromatic heterocycles. The van der Waals surface area contributed by atoms with E-state index in [4.69, 9.17) is 9.05 Å². The van der Waals surface area contributed by atoms with E-state index in [0.717, 1.165) is 0 Å². The summed E-state index contributed by atoms with van der Waals surface area (Å²) in [6, 6.07) is 0. The molecular formula is C7H18NO3P. The van der Waals surface area contributed by atoms with Gasteiger partial charge in [0, 0.05) is 12.6 Å². The Hall–Kier alpha value is 0.110. The van der Waals surface area contributed by atoms with Gasteiger partial charge in [-0.2, -0.15) is 0 Å². The molecule has 0 aliphatic heterocycles. The molecule has 0 rings (SSSR count). The molecule has 0 aromatic carbocycles. The Bertz CT molecular complexity index is 176. The molecule has 5 heteroatoms. The molecule has 0 radical (unpaired) electrons. The highest BCUT2D eigenvalue weighted by molar-refractivity contribution is 7.51. The van der Waals surface area contributed by atoms with Crippen molar-refractivity contribution >= 4 is 7.75 Å². The first-order chi connectivity index (χ1) is 5.33. The van der Waals surface area contributed by atoms with Crippen LogP contribution in [0.5, 0.6) is 0 Å². The van der Waals surface area contributed by atoms with Crippen LogP contribution in [0.15, 0.2) is 0 Å². The van der Waals surface area contributed by atoms with Crippen LogP contribution in [0.25, 0.3) is 0 Å².